The molecule has 1 saturated heterocycles. The fourth-order valence-corrected chi connectivity index (χ4v) is 5.60. The summed E-state index contributed by atoms with van der Waals surface area (Å²) in [6.45, 7) is 1.91. The Morgan fingerprint density at radius 1 is 1.14 bits per heavy atom. The lowest BCUT2D eigenvalue weighted by molar-refractivity contribution is -0.0109. The Bertz CT molecular complexity index is 869. The van der Waals surface area contributed by atoms with Crippen LogP contribution in [0.3, 0.4) is 0 Å². The molecule has 0 radical (unpaired) electrons. The fourth-order valence-electron chi connectivity index (χ4n) is 5.60. The molecule has 3 rings (SSSR count). The number of rotatable bonds is 11. The highest BCUT2D eigenvalue weighted by atomic mass is 19.2. The van der Waals surface area contributed by atoms with Crippen LogP contribution < -0.4 is 16.0 Å². The van der Waals surface area contributed by atoms with Crippen molar-refractivity contribution in [2.45, 2.75) is 63.5 Å². The number of carbonyl (C=O) groups is 2. The molecule has 10 heteroatoms. The van der Waals surface area contributed by atoms with Crippen LogP contribution in [-0.2, 0) is 9.47 Å². The van der Waals surface area contributed by atoms with Crippen molar-refractivity contribution in [1.29, 1.82) is 0 Å². The van der Waals surface area contributed by atoms with Crippen LogP contribution in [0.25, 0.3) is 0 Å². The quantitative estimate of drug-likeness (QED) is 0.374. The van der Waals surface area contributed by atoms with Gasteiger partial charge in [-0.3, -0.25) is 0 Å². The first-order valence-corrected chi connectivity index (χ1v) is 13.5. The van der Waals surface area contributed by atoms with Crippen molar-refractivity contribution >= 4 is 12.1 Å². The average Bonchev–Trinajstić information content (AvgIpc) is 2.91. The maximum absolute atomic E-state index is 14.8. The number of piperidine rings is 1. The van der Waals surface area contributed by atoms with Crippen molar-refractivity contribution in [2.75, 3.05) is 46.9 Å². The monoisotopic (exact) mass is 524 g/mol. The van der Waals surface area contributed by atoms with Crippen molar-refractivity contribution in [3.63, 3.8) is 0 Å². The summed E-state index contributed by atoms with van der Waals surface area (Å²) in [6, 6.07) is 3.95. The zero-order valence-corrected chi connectivity index (χ0v) is 22.1. The minimum Gasteiger partial charge on any atom is -0.453 e. The van der Waals surface area contributed by atoms with E-state index < -0.39 is 23.8 Å². The summed E-state index contributed by atoms with van der Waals surface area (Å²) in [4.78, 5) is 26.4. The van der Waals surface area contributed by atoms with E-state index in [1.54, 1.807) is 4.90 Å². The van der Waals surface area contributed by atoms with Crippen molar-refractivity contribution in [1.82, 2.24) is 20.9 Å². The van der Waals surface area contributed by atoms with Gasteiger partial charge >= 0.3 is 12.1 Å². The molecule has 0 aromatic heterocycles. The summed E-state index contributed by atoms with van der Waals surface area (Å²) in [5.74, 6) is -1.48. The molecule has 0 spiro atoms. The Morgan fingerprint density at radius 3 is 2.65 bits per heavy atom. The molecule has 3 unspecified atom stereocenters. The van der Waals surface area contributed by atoms with Crippen LogP contribution in [0.5, 0.6) is 0 Å². The van der Waals surface area contributed by atoms with E-state index in [0.29, 0.717) is 32.0 Å². The zero-order valence-electron chi connectivity index (χ0n) is 22.1. The number of carbonyl (C=O) groups excluding carboxylic acids is 2. The fraction of sp³-hybridized carbons (Fsp3) is 0.704. The third-order valence-electron chi connectivity index (χ3n) is 7.44. The van der Waals surface area contributed by atoms with E-state index >= 15 is 0 Å². The van der Waals surface area contributed by atoms with Gasteiger partial charge < -0.3 is 30.3 Å². The molecule has 208 valence electrons. The van der Waals surface area contributed by atoms with Crippen molar-refractivity contribution in [3.05, 3.63) is 35.4 Å². The molecule has 8 nitrogen and oxygen atoms in total. The van der Waals surface area contributed by atoms with E-state index in [-0.39, 0.29) is 36.7 Å². The number of hydrogen-bond acceptors (Lipinski definition) is 5. The van der Waals surface area contributed by atoms with E-state index in [1.165, 1.54) is 51.3 Å². The number of nitrogens with zero attached hydrogens (tertiary/aromatic N) is 1. The van der Waals surface area contributed by atoms with Gasteiger partial charge in [0.2, 0.25) is 0 Å². The van der Waals surface area contributed by atoms with Crippen LogP contribution in [-0.4, -0.2) is 70.0 Å². The number of urea groups is 1. The minimum absolute atomic E-state index is 0.0399. The van der Waals surface area contributed by atoms with E-state index in [4.69, 9.17) is 4.74 Å². The molecule has 1 saturated carbocycles. The first-order chi connectivity index (χ1) is 17.9. The second kappa shape index (κ2) is 15.1. The van der Waals surface area contributed by atoms with E-state index in [2.05, 4.69) is 20.7 Å². The molecule has 3 N–H and O–H groups in total. The molecule has 2 fully saturated rings. The van der Waals surface area contributed by atoms with Crippen LogP contribution in [0.4, 0.5) is 18.4 Å². The lowest BCUT2D eigenvalue weighted by atomic mass is 9.85. The second-order valence-electron chi connectivity index (χ2n) is 10.1. The van der Waals surface area contributed by atoms with Gasteiger partial charge in [-0.25, -0.2) is 18.4 Å². The first kappa shape index (κ1) is 29.1. The van der Waals surface area contributed by atoms with E-state index in [1.807, 2.05) is 7.05 Å². The average molecular weight is 525 g/mol. The third kappa shape index (κ3) is 8.81. The Labute approximate surface area is 218 Å². The van der Waals surface area contributed by atoms with Gasteiger partial charge in [-0.1, -0.05) is 44.2 Å². The first-order valence-electron chi connectivity index (χ1n) is 13.5. The van der Waals surface area contributed by atoms with Crippen LogP contribution in [0.15, 0.2) is 18.2 Å². The topological polar surface area (TPSA) is 91.9 Å². The number of halogens is 2. The largest absolute Gasteiger partial charge is 0.453 e. The molecule has 2 aliphatic rings. The van der Waals surface area contributed by atoms with Crippen LogP contribution in [0.1, 0.15) is 63.0 Å². The Hall–Kier alpha value is -2.46. The van der Waals surface area contributed by atoms with Crippen molar-refractivity contribution < 1.29 is 27.8 Å². The molecule has 1 aromatic carbocycles. The number of likely N-dealkylation sites (tertiary alicyclic amines) is 1. The molecule has 3 amide bonds. The van der Waals surface area contributed by atoms with Gasteiger partial charge in [-0.2, -0.15) is 0 Å². The smallest absolute Gasteiger partial charge is 0.406 e. The summed E-state index contributed by atoms with van der Waals surface area (Å²) in [6.07, 6.45) is 7.27. The number of likely N-dealkylation sites (N-methyl/N-ethyl adjacent to an activating group) is 1. The minimum atomic E-state index is -0.948. The zero-order chi connectivity index (χ0) is 26.6. The van der Waals surface area contributed by atoms with Gasteiger partial charge in [-0.15, -0.1) is 0 Å². The predicted octanol–water partition coefficient (Wildman–Crippen LogP) is 4.36. The Balaban J connectivity index is 1.66. The molecule has 0 bridgehead atoms. The lowest BCUT2D eigenvalue weighted by Crippen LogP contribution is -2.52. The lowest BCUT2D eigenvalue weighted by Gasteiger charge is -2.38. The van der Waals surface area contributed by atoms with Gasteiger partial charge in [0, 0.05) is 43.7 Å². The van der Waals surface area contributed by atoms with E-state index in [9.17, 15) is 18.4 Å². The Kier molecular flexibility index (Phi) is 11.9. The summed E-state index contributed by atoms with van der Waals surface area (Å²) in [7, 11) is 3.15. The number of amides is 3. The van der Waals surface area contributed by atoms with Crippen LogP contribution >= 0.6 is 0 Å². The summed E-state index contributed by atoms with van der Waals surface area (Å²) in [5, 5.41) is 8.94. The molecular formula is C27H42F2N4O4. The molecule has 1 aliphatic heterocycles. The molecule has 1 aliphatic carbocycles. The van der Waals surface area contributed by atoms with Gasteiger partial charge in [0.1, 0.15) is 0 Å². The maximum Gasteiger partial charge on any atom is 0.406 e. The molecule has 3 atom stereocenters. The molecule has 1 aromatic rings. The van der Waals surface area contributed by atoms with Gasteiger partial charge in [0.05, 0.1) is 19.8 Å². The maximum atomic E-state index is 14.8. The van der Waals surface area contributed by atoms with Crippen LogP contribution in [0.2, 0.25) is 0 Å². The highest BCUT2D eigenvalue weighted by molar-refractivity contribution is 5.74. The molecule has 1 heterocycles. The van der Waals surface area contributed by atoms with E-state index in [0.717, 1.165) is 18.9 Å². The number of methoxy groups -OCH3 is 1. The van der Waals surface area contributed by atoms with Gasteiger partial charge in [-0.05, 0) is 38.3 Å². The van der Waals surface area contributed by atoms with Gasteiger partial charge in [0.25, 0.3) is 0 Å². The molecule has 37 heavy (non-hydrogen) atoms. The second-order valence-corrected chi connectivity index (χ2v) is 10.1. The highest BCUT2D eigenvalue weighted by Crippen LogP contribution is 2.35. The Morgan fingerprint density at radius 2 is 1.92 bits per heavy atom. The SMILES string of the molecule is CNCC(CC1CCCCC1)NC(=O)N1CCCC(C(OCCNC(=O)OC)c2cccc(F)c2F)C1. The highest BCUT2D eigenvalue weighted by Gasteiger charge is 2.34. The molecular weight excluding hydrogens is 482 g/mol. The normalized spacial score (nSPS) is 20.2. The third-order valence-corrected chi connectivity index (χ3v) is 7.44. The van der Waals surface area contributed by atoms with Crippen LogP contribution in [0, 0.1) is 23.5 Å². The van der Waals surface area contributed by atoms with Gasteiger partial charge in [0.15, 0.2) is 11.6 Å². The number of ether oxygens (including phenoxy) is 2. The predicted molar refractivity (Wildman–Crippen MR) is 137 cm³/mol. The summed E-state index contributed by atoms with van der Waals surface area (Å²) < 4.78 is 39.4. The summed E-state index contributed by atoms with van der Waals surface area (Å²) >= 11 is 0. The van der Waals surface area contributed by atoms with Crippen molar-refractivity contribution in [2.24, 2.45) is 11.8 Å². The number of hydrogen-bond donors (Lipinski definition) is 3. The van der Waals surface area contributed by atoms with Crippen molar-refractivity contribution in [3.8, 4) is 0 Å². The summed E-state index contributed by atoms with van der Waals surface area (Å²) in [5.41, 5.74) is 0.121. The standard InChI is InChI=1S/C27H42F2N4O4/c1-30-17-21(16-19-8-4-3-5-9-19)32-26(34)33-14-7-10-20(18-33)25(37-15-13-31-27(35)36-2)22-11-6-12-23(28)24(22)29/h6,11-12,19-21,25,30H,3-5,7-10,13-18H2,1-2H3,(H,31,35)(H,32,34). The number of alkyl carbamates (subject to hydrolysis) is 1. The number of benzene rings is 1. The number of nitrogens with one attached hydrogen (secondary N) is 3.